The Hall–Kier alpha value is -1.83. The molecule has 0 saturated heterocycles. The van der Waals surface area contributed by atoms with Gasteiger partial charge in [0.15, 0.2) is 0 Å². The molecule has 2 heteroatoms. The van der Waals surface area contributed by atoms with Gasteiger partial charge in [-0.05, 0) is 37.1 Å². The number of likely N-dealkylation sites (N-methyl/N-ethyl adjacent to an activating group) is 1. The van der Waals surface area contributed by atoms with Crippen LogP contribution in [0.4, 0.5) is 4.39 Å². The second kappa shape index (κ2) is 13.2. The van der Waals surface area contributed by atoms with Crippen molar-refractivity contribution in [1.82, 2.24) is 5.32 Å². The Labute approximate surface area is 130 Å². The van der Waals surface area contributed by atoms with E-state index in [0.29, 0.717) is 5.56 Å². The van der Waals surface area contributed by atoms with Gasteiger partial charge in [-0.1, -0.05) is 58.6 Å². The molecule has 1 nitrogen and oxygen atoms in total. The molecular formula is C19H30FN. The number of benzene rings is 1. The summed E-state index contributed by atoms with van der Waals surface area (Å²) >= 11 is 0. The molecule has 0 aliphatic carbocycles. The van der Waals surface area contributed by atoms with E-state index >= 15 is 0 Å². The monoisotopic (exact) mass is 291 g/mol. The van der Waals surface area contributed by atoms with Gasteiger partial charge in [0.05, 0.1) is 0 Å². The predicted octanol–water partition coefficient (Wildman–Crippen LogP) is 5.88. The number of rotatable bonds is 4. The standard InChI is InChI=1S/C15H18FN.2C2H6/c1-5-13(8-7-12(3)17-4)14-9-6-11(2)10-15(14)16;2*1-2/h5-10,17H,3H2,1-2,4H3;2*1-2H3/b8-7-,13-5+;;. The molecule has 0 aliphatic rings. The Morgan fingerprint density at radius 3 is 2.14 bits per heavy atom. The molecule has 0 radical (unpaired) electrons. The largest absolute Gasteiger partial charge is 0.389 e. The molecule has 0 atom stereocenters. The van der Waals surface area contributed by atoms with E-state index in [0.717, 1.165) is 16.8 Å². The highest BCUT2D eigenvalue weighted by Crippen LogP contribution is 2.20. The molecule has 0 bridgehead atoms. The van der Waals surface area contributed by atoms with Crippen molar-refractivity contribution in [2.24, 2.45) is 0 Å². The van der Waals surface area contributed by atoms with Gasteiger partial charge in [0, 0.05) is 18.3 Å². The summed E-state index contributed by atoms with van der Waals surface area (Å²) in [6.07, 6.45) is 5.56. The van der Waals surface area contributed by atoms with Crippen molar-refractivity contribution in [3.63, 3.8) is 0 Å². The lowest BCUT2D eigenvalue weighted by molar-refractivity contribution is 0.623. The van der Waals surface area contributed by atoms with E-state index in [1.807, 2.05) is 65.8 Å². The molecule has 1 aromatic rings. The van der Waals surface area contributed by atoms with Crippen molar-refractivity contribution in [3.05, 3.63) is 65.6 Å². The SMILES string of the molecule is C=C(/C=C\C(=C/C)c1ccc(C)cc1F)NC.CC.CC. The summed E-state index contributed by atoms with van der Waals surface area (Å²) in [5.74, 6) is -0.196. The molecule has 0 amide bonds. The maximum absolute atomic E-state index is 13.8. The summed E-state index contributed by atoms with van der Waals surface area (Å²) in [6.45, 7) is 15.6. The molecule has 1 N–H and O–H groups in total. The molecule has 0 aliphatic heterocycles. The van der Waals surface area contributed by atoms with Crippen LogP contribution >= 0.6 is 0 Å². The Morgan fingerprint density at radius 1 is 1.14 bits per heavy atom. The minimum atomic E-state index is -0.196. The van der Waals surface area contributed by atoms with Crippen LogP contribution in [0.25, 0.3) is 5.57 Å². The van der Waals surface area contributed by atoms with Gasteiger partial charge in [0.25, 0.3) is 0 Å². The number of halogens is 1. The lowest BCUT2D eigenvalue weighted by atomic mass is 10.0. The van der Waals surface area contributed by atoms with E-state index in [-0.39, 0.29) is 5.82 Å². The average molecular weight is 291 g/mol. The second-order valence-electron chi connectivity index (χ2n) is 3.84. The molecular weight excluding hydrogens is 261 g/mol. The lowest BCUT2D eigenvalue weighted by Crippen LogP contribution is -2.00. The highest BCUT2D eigenvalue weighted by molar-refractivity contribution is 5.74. The first-order valence-corrected chi connectivity index (χ1v) is 7.56. The van der Waals surface area contributed by atoms with Crippen molar-refractivity contribution in [1.29, 1.82) is 0 Å². The van der Waals surface area contributed by atoms with Crippen LogP contribution in [0, 0.1) is 12.7 Å². The van der Waals surface area contributed by atoms with Gasteiger partial charge in [-0.3, -0.25) is 0 Å². The van der Waals surface area contributed by atoms with Crippen LogP contribution in [-0.2, 0) is 0 Å². The smallest absolute Gasteiger partial charge is 0.131 e. The fourth-order valence-corrected chi connectivity index (χ4v) is 1.47. The number of hydrogen-bond donors (Lipinski definition) is 1. The molecule has 0 aromatic heterocycles. The van der Waals surface area contributed by atoms with Gasteiger partial charge in [-0.25, -0.2) is 4.39 Å². The third-order valence-corrected chi connectivity index (χ3v) is 2.53. The van der Waals surface area contributed by atoms with E-state index in [2.05, 4.69) is 11.9 Å². The minimum absolute atomic E-state index is 0.196. The minimum Gasteiger partial charge on any atom is -0.389 e. The first-order chi connectivity index (χ1) is 10.1. The van der Waals surface area contributed by atoms with E-state index in [4.69, 9.17) is 0 Å². The highest BCUT2D eigenvalue weighted by atomic mass is 19.1. The Balaban J connectivity index is 0. The van der Waals surface area contributed by atoms with Gasteiger partial charge >= 0.3 is 0 Å². The maximum Gasteiger partial charge on any atom is 0.131 e. The first-order valence-electron chi connectivity index (χ1n) is 7.56. The topological polar surface area (TPSA) is 12.0 Å². The van der Waals surface area contributed by atoms with Gasteiger partial charge in [0.1, 0.15) is 5.82 Å². The van der Waals surface area contributed by atoms with Crippen LogP contribution in [0.3, 0.4) is 0 Å². The fourth-order valence-electron chi connectivity index (χ4n) is 1.47. The van der Waals surface area contributed by atoms with E-state index < -0.39 is 0 Å². The average Bonchev–Trinajstić information content (AvgIpc) is 2.53. The molecule has 1 rings (SSSR count). The second-order valence-corrected chi connectivity index (χ2v) is 3.84. The van der Waals surface area contributed by atoms with Gasteiger partial charge in [0.2, 0.25) is 0 Å². The first kappa shape index (κ1) is 21.5. The zero-order valence-corrected chi connectivity index (χ0v) is 14.5. The van der Waals surface area contributed by atoms with Crippen molar-refractivity contribution >= 4 is 5.57 Å². The van der Waals surface area contributed by atoms with Crippen molar-refractivity contribution in [2.75, 3.05) is 7.05 Å². The summed E-state index contributed by atoms with van der Waals surface area (Å²) in [7, 11) is 1.80. The van der Waals surface area contributed by atoms with Crippen LogP contribution in [0.1, 0.15) is 45.7 Å². The number of allylic oxidation sites excluding steroid dienone is 4. The molecule has 1 aromatic carbocycles. The summed E-state index contributed by atoms with van der Waals surface area (Å²) < 4.78 is 13.8. The van der Waals surface area contributed by atoms with Crippen molar-refractivity contribution < 1.29 is 4.39 Å². The molecule has 0 unspecified atom stereocenters. The van der Waals surface area contributed by atoms with Crippen LogP contribution in [0.2, 0.25) is 0 Å². The van der Waals surface area contributed by atoms with E-state index in [9.17, 15) is 4.39 Å². The van der Waals surface area contributed by atoms with Crippen LogP contribution in [0.5, 0.6) is 0 Å². The summed E-state index contributed by atoms with van der Waals surface area (Å²) in [6, 6.07) is 5.24. The van der Waals surface area contributed by atoms with E-state index in [1.165, 1.54) is 0 Å². The third-order valence-electron chi connectivity index (χ3n) is 2.53. The van der Waals surface area contributed by atoms with Crippen molar-refractivity contribution in [3.8, 4) is 0 Å². The maximum atomic E-state index is 13.8. The molecule has 0 fully saturated rings. The molecule has 118 valence electrons. The fraction of sp³-hybridized carbons (Fsp3) is 0.368. The third kappa shape index (κ3) is 8.13. The number of nitrogens with one attached hydrogen (secondary N) is 1. The van der Waals surface area contributed by atoms with E-state index in [1.54, 1.807) is 19.2 Å². The van der Waals surface area contributed by atoms with Crippen LogP contribution in [0.15, 0.2) is 48.7 Å². The van der Waals surface area contributed by atoms with Gasteiger partial charge < -0.3 is 5.32 Å². The zero-order chi connectivity index (χ0) is 16.8. The molecule has 0 heterocycles. The Bertz CT molecular complexity index is 470. The zero-order valence-electron chi connectivity index (χ0n) is 14.5. The van der Waals surface area contributed by atoms with Gasteiger partial charge in [-0.15, -0.1) is 0 Å². The Morgan fingerprint density at radius 2 is 1.71 bits per heavy atom. The number of aryl methyl sites for hydroxylation is 1. The van der Waals surface area contributed by atoms with Gasteiger partial charge in [-0.2, -0.15) is 0 Å². The lowest BCUT2D eigenvalue weighted by Gasteiger charge is -2.05. The summed E-state index contributed by atoms with van der Waals surface area (Å²) in [5, 5.41) is 2.92. The molecule has 21 heavy (non-hydrogen) atoms. The highest BCUT2D eigenvalue weighted by Gasteiger charge is 2.04. The van der Waals surface area contributed by atoms with Crippen LogP contribution < -0.4 is 5.32 Å². The van der Waals surface area contributed by atoms with Crippen LogP contribution in [-0.4, -0.2) is 7.05 Å². The summed E-state index contributed by atoms with van der Waals surface area (Å²) in [4.78, 5) is 0. The number of hydrogen-bond acceptors (Lipinski definition) is 1. The summed E-state index contributed by atoms with van der Waals surface area (Å²) in [5.41, 5.74) is 3.17. The normalized spacial score (nSPS) is 10.2. The predicted molar refractivity (Wildman–Crippen MR) is 94.8 cm³/mol. The Kier molecular flexibility index (Phi) is 13.5. The molecule has 0 spiro atoms. The quantitative estimate of drug-likeness (QED) is 0.683. The molecule has 0 saturated carbocycles. The van der Waals surface area contributed by atoms with Crippen molar-refractivity contribution in [2.45, 2.75) is 41.5 Å².